The highest BCUT2D eigenvalue weighted by Gasteiger charge is 2.50. The summed E-state index contributed by atoms with van der Waals surface area (Å²) in [7, 11) is 0. The summed E-state index contributed by atoms with van der Waals surface area (Å²) in [6, 6.07) is 19.4. The number of carbonyl (C=O) groups excluding carboxylic acids is 3. The highest BCUT2D eigenvalue weighted by molar-refractivity contribution is 5.97. The van der Waals surface area contributed by atoms with Gasteiger partial charge in [-0.3, -0.25) is 14.4 Å². The zero-order chi connectivity index (χ0) is 29.7. The van der Waals surface area contributed by atoms with Gasteiger partial charge in [-0.2, -0.15) is 0 Å². The molecule has 3 amide bonds. The van der Waals surface area contributed by atoms with E-state index in [-0.39, 0.29) is 31.0 Å². The van der Waals surface area contributed by atoms with Crippen molar-refractivity contribution >= 4 is 17.7 Å². The minimum atomic E-state index is -1.68. The van der Waals surface area contributed by atoms with Gasteiger partial charge >= 0.3 is 0 Å². The number of rotatable bonds is 9. The lowest BCUT2D eigenvalue weighted by molar-refractivity contribution is -0.147. The van der Waals surface area contributed by atoms with Crippen LogP contribution >= 0.6 is 0 Å². The van der Waals surface area contributed by atoms with Crippen LogP contribution in [0, 0.1) is 13.8 Å². The summed E-state index contributed by atoms with van der Waals surface area (Å²) < 4.78 is 5.83. The number of hydrogen-bond acceptors (Lipinski definition) is 6. The Balaban J connectivity index is 1.56. The van der Waals surface area contributed by atoms with Gasteiger partial charge in [-0.1, -0.05) is 60.7 Å². The van der Waals surface area contributed by atoms with Crippen molar-refractivity contribution in [2.45, 2.75) is 64.4 Å². The molecule has 0 saturated carbocycles. The van der Waals surface area contributed by atoms with E-state index >= 15 is 0 Å². The molecule has 0 radical (unpaired) electrons. The van der Waals surface area contributed by atoms with Crippen molar-refractivity contribution in [3.05, 3.63) is 101 Å². The third-order valence-electron chi connectivity index (χ3n) is 7.59. The summed E-state index contributed by atoms with van der Waals surface area (Å²) in [5.41, 5.74) is 2.36. The molecule has 0 bridgehead atoms. The fourth-order valence-electron chi connectivity index (χ4n) is 5.07. The predicted octanol–water partition coefficient (Wildman–Crippen LogP) is 2.99. The summed E-state index contributed by atoms with van der Waals surface area (Å²) in [6.07, 6.45) is -1.53. The monoisotopic (exact) mass is 559 g/mol. The summed E-state index contributed by atoms with van der Waals surface area (Å²) in [5.74, 6) is -1.72. The summed E-state index contributed by atoms with van der Waals surface area (Å²) in [4.78, 5) is 41.7. The van der Waals surface area contributed by atoms with Gasteiger partial charge in [0, 0.05) is 17.7 Å². The summed E-state index contributed by atoms with van der Waals surface area (Å²) >= 11 is 0. The second-order valence-electron chi connectivity index (χ2n) is 10.9. The van der Waals surface area contributed by atoms with Gasteiger partial charge in [0.1, 0.15) is 18.5 Å². The van der Waals surface area contributed by atoms with Crippen molar-refractivity contribution in [3.63, 3.8) is 0 Å². The molecule has 9 nitrogen and oxygen atoms in total. The lowest BCUT2D eigenvalue weighted by Gasteiger charge is -2.32. The molecule has 1 aliphatic heterocycles. The number of phenols is 1. The van der Waals surface area contributed by atoms with E-state index in [9.17, 15) is 24.6 Å². The number of nitrogens with zero attached hydrogens (tertiary/aromatic N) is 1. The fourth-order valence-corrected chi connectivity index (χ4v) is 5.07. The van der Waals surface area contributed by atoms with E-state index in [1.54, 1.807) is 32.9 Å². The maximum atomic E-state index is 13.8. The van der Waals surface area contributed by atoms with Crippen LogP contribution in [0.3, 0.4) is 0 Å². The van der Waals surface area contributed by atoms with Crippen molar-refractivity contribution in [1.82, 2.24) is 15.5 Å². The first kappa shape index (κ1) is 29.8. The largest absolute Gasteiger partial charge is 0.508 e. The van der Waals surface area contributed by atoms with E-state index in [0.717, 1.165) is 16.7 Å². The number of aliphatic hydroxyl groups is 1. The molecule has 4 N–H and O–H groups in total. The Hall–Kier alpha value is -4.21. The Kier molecular flexibility index (Phi) is 9.10. The molecule has 1 heterocycles. The third-order valence-corrected chi connectivity index (χ3v) is 7.59. The van der Waals surface area contributed by atoms with Crippen molar-refractivity contribution in [2.75, 3.05) is 6.73 Å². The van der Waals surface area contributed by atoms with Gasteiger partial charge in [-0.05, 0) is 62.9 Å². The van der Waals surface area contributed by atoms with Crippen LogP contribution in [0.5, 0.6) is 5.75 Å². The molecule has 0 aromatic heterocycles. The van der Waals surface area contributed by atoms with E-state index in [1.165, 1.54) is 11.0 Å². The first-order valence-electron chi connectivity index (χ1n) is 13.6. The number of carbonyl (C=O) groups is 3. The average Bonchev–Trinajstić information content (AvgIpc) is 3.28. The first-order valence-corrected chi connectivity index (χ1v) is 13.6. The second kappa shape index (κ2) is 12.5. The Morgan fingerprint density at radius 1 is 1.00 bits per heavy atom. The lowest BCUT2D eigenvalue weighted by Crippen LogP contribution is -2.58. The third kappa shape index (κ3) is 6.75. The average molecular weight is 560 g/mol. The van der Waals surface area contributed by atoms with Gasteiger partial charge in [-0.15, -0.1) is 0 Å². The number of hydrogen-bond donors (Lipinski definition) is 4. The lowest BCUT2D eigenvalue weighted by atomic mass is 9.95. The Morgan fingerprint density at radius 3 is 2.39 bits per heavy atom. The number of amides is 3. The fraction of sp³-hybridized carbons (Fsp3) is 0.344. The number of aliphatic hydroxyl groups excluding tert-OH is 1. The van der Waals surface area contributed by atoms with Gasteiger partial charge in [-0.25, -0.2) is 0 Å². The molecule has 1 saturated heterocycles. The van der Waals surface area contributed by atoms with E-state index < -0.39 is 41.5 Å². The van der Waals surface area contributed by atoms with Gasteiger partial charge < -0.3 is 30.5 Å². The Labute approximate surface area is 240 Å². The van der Waals surface area contributed by atoms with E-state index in [4.69, 9.17) is 4.74 Å². The molecule has 4 rings (SSSR count). The number of ether oxygens (including phenoxy) is 1. The highest BCUT2D eigenvalue weighted by Crippen LogP contribution is 2.29. The Morgan fingerprint density at radius 2 is 1.68 bits per heavy atom. The zero-order valence-electron chi connectivity index (χ0n) is 23.8. The van der Waals surface area contributed by atoms with Gasteiger partial charge in [0.2, 0.25) is 5.91 Å². The summed E-state index contributed by atoms with van der Waals surface area (Å²) in [6.45, 7) is 7.09. The molecular formula is C32H37N3O6. The molecule has 0 spiro atoms. The molecule has 3 aromatic carbocycles. The maximum absolute atomic E-state index is 13.8. The molecule has 1 aliphatic rings. The predicted molar refractivity (Wildman–Crippen MR) is 154 cm³/mol. The molecule has 9 heteroatoms. The van der Waals surface area contributed by atoms with Crippen LogP contribution in [0.15, 0.2) is 72.8 Å². The minimum absolute atomic E-state index is 0.0371. The molecule has 41 heavy (non-hydrogen) atoms. The van der Waals surface area contributed by atoms with E-state index in [1.807, 2.05) is 61.5 Å². The van der Waals surface area contributed by atoms with Crippen LogP contribution in [0.1, 0.15) is 46.5 Å². The molecular weight excluding hydrogens is 522 g/mol. The van der Waals surface area contributed by atoms with Crippen LogP contribution in [0.2, 0.25) is 0 Å². The quantitative estimate of drug-likeness (QED) is 0.319. The van der Waals surface area contributed by atoms with Crippen LogP contribution in [0.25, 0.3) is 0 Å². The topological polar surface area (TPSA) is 128 Å². The number of aromatic hydroxyl groups is 1. The van der Waals surface area contributed by atoms with Crippen molar-refractivity contribution in [2.24, 2.45) is 0 Å². The molecule has 0 unspecified atom stereocenters. The SMILES string of the molecule is Cc1ccccc1CNC(=O)[C@H]1N(C(=O)[C@@H](O)[C@H](Cc2ccccc2)NC(=O)c2cccc(O)c2C)COC1(C)C. The van der Waals surface area contributed by atoms with E-state index in [0.29, 0.717) is 5.56 Å². The smallest absolute Gasteiger partial charge is 0.256 e. The van der Waals surface area contributed by atoms with Gasteiger partial charge in [0.15, 0.2) is 6.10 Å². The molecule has 216 valence electrons. The molecule has 3 atom stereocenters. The maximum Gasteiger partial charge on any atom is 0.256 e. The van der Waals surface area contributed by atoms with Gasteiger partial charge in [0.05, 0.1) is 11.6 Å². The van der Waals surface area contributed by atoms with Crippen LogP contribution in [-0.2, 0) is 27.3 Å². The van der Waals surface area contributed by atoms with Gasteiger partial charge in [0.25, 0.3) is 11.8 Å². The summed E-state index contributed by atoms with van der Waals surface area (Å²) in [5, 5.41) is 27.2. The highest BCUT2D eigenvalue weighted by atomic mass is 16.5. The normalized spacial score (nSPS) is 17.5. The first-order chi connectivity index (χ1) is 19.5. The molecule has 1 fully saturated rings. The van der Waals surface area contributed by atoms with Crippen molar-refractivity contribution in [1.29, 1.82) is 0 Å². The number of phenolic OH excluding ortho intramolecular Hbond substituents is 1. The number of aryl methyl sites for hydroxylation is 1. The molecule has 0 aliphatic carbocycles. The zero-order valence-corrected chi connectivity index (χ0v) is 23.8. The number of benzene rings is 3. The standard InChI is InChI=1S/C32H37N3O6/c1-20-11-8-9-14-23(20)18-33-30(39)28-32(3,4)41-19-35(28)31(40)27(37)25(17-22-12-6-5-7-13-22)34-29(38)24-15-10-16-26(36)21(24)2/h5-16,25,27-28,36-37H,17-19H2,1-4H3,(H,33,39)(H,34,38)/t25-,27-,28+/m0/s1. The number of nitrogens with one attached hydrogen (secondary N) is 2. The van der Waals surface area contributed by atoms with E-state index in [2.05, 4.69) is 10.6 Å². The van der Waals surface area contributed by atoms with Crippen LogP contribution < -0.4 is 10.6 Å². The van der Waals surface area contributed by atoms with Crippen molar-refractivity contribution < 1.29 is 29.3 Å². The minimum Gasteiger partial charge on any atom is -0.508 e. The molecule has 3 aromatic rings. The second-order valence-corrected chi connectivity index (χ2v) is 10.9. The van der Waals surface area contributed by atoms with Crippen molar-refractivity contribution in [3.8, 4) is 5.75 Å². The Bertz CT molecular complexity index is 1410. The van der Waals surface area contributed by atoms with Crippen LogP contribution in [0.4, 0.5) is 0 Å². The van der Waals surface area contributed by atoms with Crippen LogP contribution in [-0.4, -0.2) is 63.4 Å².